The highest BCUT2D eigenvalue weighted by molar-refractivity contribution is 6.35. The Morgan fingerprint density at radius 1 is 1.03 bits per heavy atom. The van der Waals surface area contributed by atoms with Crippen molar-refractivity contribution < 1.29 is 14.3 Å². The Labute approximate surface area is 172 Å². The number of rotatable bonds is 5. The summed E-state index contributed by atoms with van der Waals surface area (Å²) < 4.78 is 5.43. The van der Waals surface area contributed by atoms with Gasteiger partial charge < -0.3 is 19.9 Å². The second-order valence-corrected chi connectivity index (χ2v) is 7.24. The second kappa shape index (κ2) is 9.45. The predicted octanol–water partition coefficient (Wildman–Crippen LogP) is 2.78. The number of carbonyl (C=O) groups excluding carboxylic acids is 2. The van der Waals surface area contributed by atoms with Crippen LogP contribution in [0, 0.1) is 0 Å². The van der Waals surface area contributed by atoms with Gasteiger partial charge in [-0.2, -0.15) is 0 Å². The molecule has 1 N–H and O–H groups in total. The van der Waals surface area contributed by atoms with Crippen LogP contribution in [-0.4, -0.2) is 50.0 Å². The van der Waals surface area contributed by atoms with E-state index in [-0.39, 0.29) is 6.04 Å². The first-order valence-electron chi connectivity index (χ1n) is 10.1. The maximum absolute atomic E-state index is 12.6. The number of hydrogen-bond donors (Lipinski definition) is 1. The molecule has 1 aliphatic heterocycles. The molecular formula is C23H29N3O3. The number of ether oxygens (including phenoxy) is 1. The van der Waals surface area contributed by atoms with Crippen LogP contribution >= 0.6 is 0 Å². The van der Waals surface area contributed by atoms with Crippen LogP contribution in [0.2, 0.25) is 0 Å². The normalized spacial score (nSPS) is 15.0. The van der Waals surface area contributed by atoms with Gasteiger partial charge >= 0.3 is 11.8 Å². The molecule has 0 spiro atoms. The number of nitrogens with zero attached hydrogens (tertiary/aromatic N) is 2. The molecule has 154 valence electrons. The summed E-state index contributed by atoms with van der Waals surface area (Å²) in [7, 11) is 1.65. The predicted molar refractivity (Wildman–Crippen MR) is 114 cm³/mol. The van der Waals surface area contributed by atoms with Crippen molar-refractivity contribution in [2.75, 3.05) is 38.2 Å². The molecule has 2 aromatic rings. The highest BCUT2D eigenvalue weighted by atomic mass is 16.5. The molecule has 0 saturated carbocycles. The Bertz CT molecular complexity index is 843. The minimum Gasteiger partial charge on any atom is -0.495 e. The summed E-state index contributed by atoms with van der Waals surface area (Å²) in [5, 5.41) is 2.83. The minimum absolute atomic E-state index is 0.216. The van der Waals surface area contributed by atoms with E-state index >= 15 is 0 Å². The van der Waals surface area contributed by atoms with Crippen LogP contribution in [0.25, 0.3) is 0 Å². The zero-order chi connectivity index (χ0) is 20.8. The number of methoxy groups -OCH3 is 1. The smallest absolute Gasteiger partial charge is 0.312 e. The topological polar surface area (TPSA) is 61.9 Å². The molecule has 6 nitrogen and oxygen atoms in total. The van der Waals surface area contributed by atoms with Gasteiger partial charge in [0.15, 0.2) is 0 Å². The standard InChI is InChI=1S/C23H29N3O3/c1-4-18-9-11-19(12-10-18)17(2)24-22(27)23(28)26-15-13-25(14-16-26)20-7-5-6-8-21(20)29-3/h5-12,17H,4,13-16H2,1-3H3,(H,24,27). The van der Waals surface area contributed by atoms with E-state index < -0.39 is 11.8 Å². The van der Waals surface area contributed by atoms with Crippen LogP contribution in [0.5, 0.6) is 5.75 Å². The van der Waals surface area contributed by atoms with Crippen molar-refractivity contribution in [2.24, 2.45) is 0 Å². The van der Waals surface area contributed by atoms with Crippen LogP contribution in [-0.2, 0) is 16.0 Å². The molecular weight excluding hydrogens is 366 g/mol. The van der Waals surface area contributed by atoms with Gasteiger partial charge in [0.1, 0.15) is 5.75 Å². The number of piperazine rings is 1. The van der Waals surface area contributed by atoms with Crippen molar-refractivity contribution in [2.45, 2.75) is 26.3 Å². The maximum Gasteiger partial charge on any atom is 0.312 e. The van der Waals surface area contributed by atoms with Gasteiger partial charge in [-0.05, 0) is 36.6 Å². The Morgan fingerprint density at radius 3 is 2.31 bits per heavy atom. The quantitative estimate of drug-likeness (QED) is 0.791. The van der Waals surface area contributed by atoms with E-state index in [0.29, 0.717) is 26.2 Å². The molecule has 2 aromatic carbocycles. The molecule has 0 aromatic heterocycles. The van der Waals surface area contributed by atoms with Gasteiger partial charge in [0, 0.05) is 26.2 Å². The monoisotopic (exact) mass is 395 g/mol. The Balaban J connectivity index is 1.55. The first-order valence-corrected chi connectivity index (χ1v) is 10.1. The molecule has 1 heterocycles. The van der Waals surface area contributed by atoms with Crippen molar-refractivity contribution in [3.05, 3.63) is 59.7 Å². The van der Waals surface area contributed by atoms with Crippen LogP contribution in [0.4, 0.5) is 5.69 Å². The molecule has 2 amide bonds. The number of anilines is 1. The number of carbonyl (C=O) groups is 2. The summed E-state index contributed by atoms with van der Waals surface area (Å²) in [6.07, 6.45) is 0.973. The first kappa shape index (κ1) is 20.7. The van der Waals surface area contributed by atoms with E-state index in [2.05, 4.69) is 29.3 Å². The third-order valence-corrected chi connectivity index (χ3v) is 5.42. The highest BCUT2D eigenvalue weighted by Crippen LogP contribution is 2.28. The van der Waals surface area contributed by atoms with Crippen molar-refractivity contribution in [3.8, 4) is 5.75 Å². The van der Waals surface area contributed by atoms with Gasteiger partial charge in [0.2, 0.25) is 0 Å². The molecule has 0 aliphatic carbocycles. The zero-order valence-corrected chi connectivity index (χ0v) is 17.4. The lowest BCUT2D eigenvalue weighted by Crippen LogP contribution is -2.53. The summed E-state index contributed by atoms with van der Waals surface area (Å²) in [4.78, 5) is 28.9. The molecule has 29 heavy (non-hydrogen) atoms. The average Bonchev–Trinajstić information content (AvgIpc) is 2.78. The van der Waals surface area contributed by atoms with Gasteiger partial charge in [0.25, 0.3) is 0 Å². The first-order chi connectivity index (χ1) is 14.0. The van der Waals surface area contributed by atoms with E-state index in [9.17, 15) is 9.59 Å². The Hall–Kier alpha value is -3.02. The number of benzene rings is 2. The number of hydrogen-bond acceptors (Lipinski definition) is 4. The molecule has 1 fully saturated rings. The lowest BCUT2D eigenvalue weighted by atomic mass is 10.0. The van der Waals surface area contributed by atoms with Gasteiger partial charge in [-0.25, -0.2) is 0 Å². The molecule has 0 radical (unpaired) electrons. The van der Waals surface area contributed by atoms with E-state index in [1.807, 2.05) is 43.3 Å². The summed E-state index contributed by atoms with van der Waals surface area (Å²) in [5.41, 5.74) is 3.25. The van der Waals surface area contributed by atoms with Crippen LogP contribution < -0.4 is 15.0 Å². The zero-order valence-electron chi connectivity index (χ0n) is 17.4. The minimum atomic E-state index is -0.553. The third kappa shape index (κ3) is 4.88. The summed E-state index contributed by atoms with van der Waals surface area (Å²) >= 11 is 0. The molecule has 0 bridgehead atoms. The fourth-order valence-corrected chi connectivity index (χ4v) is 3.57. The van der Waals surface area contributed by atoms with Gasteiger partial charge in [0.05, 0.1) is 18.8 Å². The second-order valence-electron chi connectivity index (χ2n) is 7.24. The number of nitrogens with one attached hydrogen (secondary N) is 1. The average molecular weight is 396 g/mol. The number of amides is 2. The molecule has 1 aliphatic rings. The van der Waals surface area contributed by atoms with Crippen LogP contribution in [0.3, 0.4) is 0 Å². The van der Waals surface area contributed by atoms with E-state index in [0.717, 1.165) is 23.4 Å². The van der Waals surface area contributed by atoms with Crippen LogP contribution in [0.15, 0.2) is 48.5 Å². The summed E-state index contributed by atoms with van der Waals surface area (Å²) in [6.45, 7) is 6.33. The van der Waals surface area contributed by atoms with E-state index in [1.54, 1.807) is 12.0 Å². The molecule has 6 heteroatoms. The lowest BCUT2D eigenvalue weighted by molar-refractivity contribution is -0.146. The van der Waals surface area contributed by atoms with Gasteiger partial charge in [-0.15, -0.1) is 0 Å². The summed E-state index contributed by atoms with van der Waals surface area (Å²) in [6, 6.07) is 15.7. The SMILES string of the molecule is CCc1ccc(C(C)NC(=O)C(=O)N2CCN(c3ccccc3OC)CC2)cc1. The number of para-hydroxylation sites is 2. The van der Waals surface area contributed by atoms with Crippen molar-refractivity contribution >= 4 is 17.5 Å². The van der Waals surface area contributed by atoms with E-state index in [1.165, 1.54) is 5.56 Å². The molecule has 3 rings (SSSR count). The Kier molecular flexibility index (Phi) is 6.75. The molecule has 1 unspecified atom stereocenters. The third-order valence-electron chi connectivity index (χ3n) is 5.42. The largest absolute Gasteiger partial charge is 0.495 e. The Morgan fingerprint density at radius 2 is 1.69 bits per heavy atom. The highest BCUT2D eigenvalue weighted by Gasteiger charge is 2.27. The van der Waals surface area contributed by atoms with Gasteiger partial charge in [-0.1, -0.05) is 43.3 Å². The fraction of sp³-hybridized carbons (Fsp3) is 0.391. The maximum atomic E-state index is 12.6. The summed E-state index contributed by atoms with van der Waals surface area (Å²) in [5.74, 6) is -0.211. The number of aryl methyl sites for hydroxylation is 1. The molecule has 1 saturated heterocycles. The van der Waals surface area contributed by atoms with Crippen molar-refractivity contribution in [1.29, 1.82) is 0 Å². The van der Waals surface area contributed by atoms with Crippen molar-refractivity contribution in [3.63, 3.8) is 0 Å². The van der Waals surface area contributed by atoms with Crippen LogP contribution in [0.1, 0.15) is 31.0 Å². The fourth-order valence-electron chi connectivity index (χ4n) is 3.57. The van der Waals surface area contributed by atoms with E-state index in [4.69, 9.17) is 4.74 Å². The molecule has 1 atom stereocenters. The van der Waals surface area contributed by atoms with Crippen molar-refractivity contribution in [1.82, 2.24) is 10.2 Å². The lowest BCUT2D eigenvalue weighted by Gasteiger charge is -2.36. The van der Waals surface area contributed by atoms with Gasteiger partial charge in [-0.3, -0.25) is 9.59 Å².